The van der Waals surface area contributed by atoms with Gasteiger partial charge in [0.05, 0.1) is 12.1 Å². The first-order valence-corrected chi connectivity index (χ1v) is 4.93. The van der Waals surface area contributed by atoms with Crippen LogP contribution in [0.25, 0.3) is 0 Å². The molecule has 0 aromatic carbocycles. The number of nitrogens with zero attached hydrogens (tertiary/aromatic N) is 1. The smallest absolute Gasteiger partial charge is 0.251 e. The average molecular weight is 195 g/mol. The summed E-state index contributed by atoms with van der Waals surface area (Å²) in [6.07, 6.45) is 2.00. The molecule has 0 saturated carbocycles. The van der Waals surface area contributed by atoms with Gasteiger partial charge in [0.15, 0.2) is 0 Å². The zero-order valence-electron chi connectivity index (χ0n) is 8.90. The van der Waals surface area contributed by atoms with Crippen molar-refractivity contribution in [3.8, 4) is 0 Å². The molecular formula is C11H17NO2. The van der Waals surface area contributed by atoms with Gasteiger partial charge in [0.1, 0.15) is 0 Å². The van der Waals surface area contributed by atoms with Crippen LogP contribution in [0.3, 0.4) is 0 Å². The lowest BCUT2D eigenvalue weighted by Gasteiger charge is -2.20. The molecule has 2 unspecified atom stereocenters. The highest BCUT2D eigenvalue weighted by Crippen LogP contribution is 2.13. The number of hydrogen-bond acceptors (Lipinski definition) is 2. The summed E-state index contributed by atoms with van der Waals surface area (Å²) in [4.78, 5) is 11.6. The van der Waals surface area contributed by atoms with Gasteiger partial charge in [-0.3, -0.25) is 4.79 Å². The van der Waals surface area contributed by atoms with Crippen molar-refractivity contribution in [2.75, 3.05) is 0 Å². The van der Waals surface area contributed by atoms with Crippen LogP contribution in [0.4, 0.5) is 0 Å². The van der Waals surface area contributed by atoms with Gasteiger partial charge in [0, 0.05) is 12.3 Å². The van der Waals surface area contributed by atoms with Crippen LogP contribution in [0, 0.1) is 6.92 Å². The molecule has 1 aromatic heterocycles. The first-order valence-electron chi connectivity index (χ1n) is 4.93. The second-order valence-electron chi connectivity index (χ2n) is 3.67. The van der Waals surface area contributed by atoms with Gasteiger partial charge in [-0.05, 0) is 31.9 Å². The van der Waals surface area contributed by atoms with Gasteiger partial charge in [0.2, 0.25) is 0 Å². The lowest BCUT2D eigenvalue weighted by molar-refractivity contribution is 0.125. The zero-order chi connectivity index (χ0) is 10.7. The average Bonchev–Trinajstić information content (AvgIpc) is 2.09. The Bertz CT molecular complexity index is 355. The van der Waals surface area contributed by atoms with Gasteiger partial charge in [-0.2, -0.15) is 0 Å². The molecule has 14 heavy (non-hydrogen) atoms. The highest BCUT2D eigenvalue weighted by molar-refractivity contribution is 5.08. The van der Waals surface area contributed by atoms with E-state index in [2.05, 4.69) is 0 Å². The first kappa shape index (κ1) is 11.0. The van der Waals surface area contributed by atoms with Gasteiger partial charge in [0.25, 0.3) is 5.56 Å². The molecule has 0 bridgehead atoms. The molecule has 0 saturated heterocycles. The van der Waals surface area contributed by atoms with E-state index in [0.717, 1.165) is 12.0 Å². The van der Waals surface area contributed by atoms with Gasteiger partial charge in [-0.25, -0.2) is 0 Å². The van der Waals surface area contributed by atoms with E-state index >= 15 is 0 Å². The van der Waals surface area contributed by atoms with E-state index in [1.807, 2.05) is 19.9 Å². The van der Waals surface area contributed by atoms with Crippen molar-refractivity contribution in [3.63, 3.8) is 0 Å². The summed E-state index contributed by atoms with van der Waals surface area (Å²) in [6.45, 7) is 5.55. The molecule has 0 fully saturated rings. The summed E-state index contributed by atoms with van der Waals surface area (Å²) >= 11 is 0. The summed E-state index contributed by atoms with van der Waals surface area (Å²) in [5.41, 5.74) is 0.907. The van der Waals surface area contributed by atoms with E-state index in [4.69, 9.17) is 0 Å². The normalized spacial score (nSPS) is 15.1. The fourth-order valence-electron chi connectivity index (χ4n) is 1.63. The number of pyridine rings is 1. The Hall–Kier alpha value is -1.09. The van der Waals surface area contributed by atoms with E-state index in [-0.39, 0.29) is 11.6 Å². The molecule has 0 amide bonds. The molecule has 0 aliphatic heterocycles. The van der Waals surface area contributed by atoms with Crippen molar-refractivity contribution in [3.05, 3.63) is 34.2 Å². The molecule has 1 N–H and O–H groups in total. The van der Waals surface area contributed by atoms with Crippen molar-refractivity contribution < 1.29 is 5.11 Å². The van der Waals surface area contributed by atoms with Gasteiger partial charge >= 0.3 is 0 Å². The Labute approximate surface area is 84.0 Å². The lowest BCUT2D eigenvalue weighted by Crippen LogP contribution is -2.30. The fourth-order valence-corrected chi connectivity index (χ4v) is 1.63. The molecule has 78 valence electrons. The van der Waals surface area contributed by atoms with Gasteiger partial charge in [-0.1, -0.05) is 6.92 Å². The molecule has 3 heteroatoms. The van der Waals surface area contributed by atoms with Crippen LogP contribution >= 0.6 is 0 Å². The Morgan fingerprint density at radius 3 is 2.64 bits per heavy atom. The molecule has 3 nitrogen and oxygen atoms in total. The fraction of sp³-hybridized carbons (Fsp3) is 0.545. The number of rotatable bonds is 3. The standard InChI is InChI=1S/C11H17NO2/c1-4-10(9(3)13)12-6-5-8(2)7-11(12)14/h5-7,9-10,13H,4H2,1-3H3. The molecular weight excluding hydrogens is 178 g/mol. The van der Waals surface area contributed by atoms with Crippen molar-refractivity contribution in [1.82, 2.24) is 4.57 Å². The summed E-state index contributed by atoms with van der Waals surface area (Å²) in [5, 5.41) is 9.50. The summed E-state index contributed by atoms with van der Waals surface area (Å²) in [6, 6.07) is 3.35. The molecule has 0 radical (unpaired) electrons. The van der Waals surface area contributed by atoms with Crippen molar-refractivity contribution in [2.24, 2.45) is 0 Å². The number of aromatic nitrogens is 1. The number of aliphatic hydroxyl groups is 1. The predicted octanol–water partition coefficient (Wildman–Crippen LogP) is 1.49. The Kier molecular flexibility index (Phi) is 3.47. The lowest BCUT2D eigenvalue weighted by atomic mass is 10.1. The molecule has 1 rings (SSSR count). The Morgan fingerprint density at radius 1 is 1.57 bits per heavy atom. The minimum atomic E-state index is -0.500. The molecule has 0 aliphatic rings. The van der Waals surface area contributed by atoms with Crippen LogP contribution in [0.15, 0.2) is 23.1 Å². The van der Waals surface area contributed by atoms with Crippen LogP contribution in [-0.2, 0) is 0 Å². The molecule has 0 aliphatic carbocycles. The van der Waals surface area contributed by atoms with Crippen LogP contribution in [0.2, 0.25) is 0 Å². The quantitative estimate of drug-likeness (QED) is 0.794. The van der Waals surface area contributed by atoms with Gasteiger partial charge < -0.3 is 9.67 Å². The topological polar surface area (TPSA) is 42.2 Å². The van der Waals surface area contributed by atoms with Gasteiger partial charge in [-0.15, -0.1) is 0 Å². The highest BCUT2D eigenvalue weighted by atomic mass is 16.3. The summed E-state index contributed by atoms with van der Waals surface area (Å²) in [5.74, 6) is 0. The first-order chi connectivity index (χ1) is 6.56. The predicted molar refractivity (Wildman–Crippen MR) is 56.4 cm³/mol. The SMILES string of the molecule is CCC(C(C)O)n1ccc(C)cc1=O. The van der Waals surface area contributed by atoms with Crippen molar-refractivity contribution in [2.45, 2.75) is 39.3 Å². The van der Waals surface area contributed by atoms with E-state index in [1.165, 1.54) is 0 Å². The van der Waals surface area contributed by atoms with Crippen molar-refractivity contribution >= 4 is 0 Å². The third-order valence-corrected chi connectivity index (χ3v) is 2.44. The van der Waals surface area contributed by atoms with Crippen molar-refractivity contribution in [1.29, 1.82) is 0 Å². The molecule has 1 heterocycles. The second kappa shape index (κ2) is 4.42. The van der Waals surface area contributed by atoms with E-state index in [0.29, 0.717) is 0 Å². The van der Waals surface area contributed by atoms with Crippen LogP contribution in [0.1, 0.15) is 31.9 Å². The number of aliphatic hydroxyl groups excluding tert-OH is 1. The Balaban J connectivity index is 3.11. The third kappa shape index (κ3) is 2.23. The highest BCUT2D eigenvalue weighted by Gasteiger charge is 2.15. The largest absolute Gasteiger partial charge is 0.391 e. The molecule has 1 aromatic rings. The minimum absolute atomic E-state index is 0.0437. The molecule has 2 atom stereocenters. The minimum Gasteiger partial charge on any atom is -0.391 e. The monoisotopic (exact) mass is 195 g/mol. The van der Waals surface area contributed by atoms with E-state index in [1.54, 1.807) is 23.8 Å². The summed E-state index contributed by atoms with van der Waals surface area (Å²) < 4.78 is 1.59. The van der Waals surface area contributed by atoms with E-state index in [9.17, 15) is 9.90 Å². The van der Waals surface area contributed by atoms with E-state index < -0.39 is 6.10 Å². The van der Waals surface area contributed by atoms with Crippen LogP contribution in [0.5, 0.6) is 0 Å². The number of aryl methyl sites for hydroxylation is 1. The third-order valence-electron chi connectivity index (χ3n) is 2.44. The second-order valence-corrected chi connectivity index (χ2v) is 3.67. The zero-order valence-corrected chi connectivity index (χ0v) is 8.90. The maximum Gasteiger partial charge on any atom is 0.251 e. The maximum atomic E-state index is 11.6. The molecule has 0 spiro atoms. The Morgan fingerprint density at radius 2 is 2.21 bits per heavy atom. The van der Waals surface area contributed by atoms with Crippen LogP contribution in [-0.4, -0.2) is 15.8 Å². The number of hydrogen-bond donors (Lipinski definition) is 1. The van der Waals surface area contributed by atoms with Crippen LogP contribution < -0.4 is 5.56 Å². The maximum absolute atomic E-state index is 11.6. The summed E-state index contributed by atoms with van der Waals surface area (Å²) in [7, 11) is 0.